The molecule has 8 nitrogen and oxygen atoms in total. The number of piperidine rings is 1. The smallest absolute Gasteiger partial charge is 0.227 e. The third kappa shape index (κ3) is 7.68. The van der Waals surface area contributed by atoms with E-state index in [1.54, 1.807) is 12.1 Å². The van der Waals surface area contributed by atoms with Crippen LogP contribution < -0.4 is 16.5 Å². The van der Waals surface area contributed by atoms with E-state index in [1.807, 2.05) is 12.4 Å². The molecular formula is C28H42Cl3FN8. The molecule has 2 aromatic heterocycles. The minimum Gasteiger partial charge on any atom is -0.351 e. The largest absolute Gasteiger partial charge is 0.351 e. The molecule has 3 heterocycles. The van der Waals surface area contributed by atoms with E-state index in [2.05, 4.69) is 20.3 Å². The predicted octanol–water partition coefficient (Wildman–Crippen LogP) is 6.31. The average Bonchev–Trinajstić information content (AvgIpc) is 3.57. The van der Waals surface area contributed by atoms with Gasteiger partial charge >= 0.3 is 0 Å². The number of hydrazine groups is 1. The number of rotatable bonds is 7. The number of anilines is 2. The van der Waals surface area contributed by atoms with Crippen molar-refractivity contribution in [2.75, 3.05) is 23.8 Å². The van der Waals surface area contributed by atoms with Crippen molar-refractivity contribution < 1.29 is 4.39 Å². The lowest BCUT2D eigenvalue weighted by Gasteiger charge is -2.32. The molecule has 1 aromatic carbocycles. The molecule has 222 valence electrons. The zero-order valence-electron chi connectivity index (χ0n) is 22.8. The van der Waals surface area contributed by atoms with Gasteiger partial charge in [-0.05, 0) is 81.4 Å². The molecule has 0 atom stereocenters. The SMILES string of the molecule is Cl.Cl.Cl.N[C@H]1CC[C@H](Nc2nc(NN3CCC(Cc4cccc(F)c4)CC3)c3ncn(C4CCCC4)c3n2)CC1. The Bertz CT molecular complexity index is 1210. The van der Waals surface area contributed by atoms with Crippen molar-refractivity contribution in [3.8, 4) is 0 Å². The van der Waals surface area contributed by atoms with Gasteiger partial charge in [0.15, 0.2) is 17.0 Å². The Labute approximate surface area is 254 Å². The summed E-state index contributed by atoms with van der Waals surface area (Å²) in [5, 5.41) is 5.86. The average molecular weight is 616 g/mol. The highest BCUT2D eigenvalue weighted by Gasteiger charge is 2.26. The monoisotopic (exact) mass is 614 g/mol. The molecule has 2 aliphatic carbocycles. The van der Waals surface area contributed by atoms with Crippen molar-refractivity contribution in [2.24, 2.45) is 11.7 Å². The molecule has 2 saturated carbocycles. The molecule has 4 N–H and O–H groups in total. The van der Waals surface area contributed by atoms with E-state index in [-0.39, 0.29) is 43.0 Å². The standard InChI is InChI=1S/C28H39FN8.3ClH/c29-21-5-3-4-20(17-21)16-19-12-14-36(15-13-19)35-26-25-27(37(18-31-25)24-6-1-2-7-24)34-28(33-26)32-23-10-8-22(30)9-11-23;;;/h3-5,17-19,22-24H,1-2,6-16,30H2,(H2,32,33,34,35);3*1H/t22-,23-;;;. The molecule has 0 unspecified atom stereocenters. The first kappa shape index (κ1) is 32.6. The summed E-state index contributed by atoms with van der Waals surface area (Å²) < 4.78 is 15.9. The minimum absolute atomic E-state index is 0. The number of aromatic nitrogens is 4. The van der Waals surface area contributed by atoms with Gasteiger partial charge in [0, 0.05) is 31.2 Å². The first-order valence-corrected chi connectivity index (χ1v) is 14.1. The lowest BCUT2D eigenvalue weighted by atomic mass is 9.91. The minimum atomic E-state index is -0.151. The summed E-state index contributed by atoms with van der Waals surface area (Å²) in [6.45, 7) is 1.83. The molecule has 3 aromatic rings. The lowest BCUT2D eigenvalue weighted by molar-refractivity contribution is 0.216. The molecule has 3 aliphatic rings. The van der Waals surface area contributed by atoms with Crippen LogP contribution in [0.15, 0.2) is 30.6 Å². The summed E-state index contributed by atoms with van der Waals surface area (Å²) >= 11 is 0. The molecule has 1 saturated heterocycles. The molecule has 3 fully saturated rings. The van der Waals surface area contributed by atoms with Gasteiger partial charge in [0.1, 0.15) is 5.82 Å². The molecular weight excluding hydrogens is 574 g/mol. The molecule has 40 heavy (non-hydrogen) atoms. The van der Waals surface area contributed by atoms with E-state index in [9.17, 15) is 4.39 Å². The van der Waals surface area contributed by atoms with Gasteiger partial charge in [0.05, 0.1) is 6.33 Å². The number of nitrogens with two attached hydrogens (primary N) is 1. The fraction of sp³-hybridized carbons (Fsp3) is 0.607. The van der Waals surface area contributed by atoms with Gasteiger partial charge in [-0.15, -0.1) is 37.2 Å². The fourth-order valence-electron chi connectivity index (χ4n) is 6.35. The number of fused-ring (bicyclic) bond motifs is 1. The van der Waals surface area contributed by atoms with Crippen LogP contribution in [0.4, 0.5) is 16.2 Å². The number of hydrogen-bond donors (Lipinski definition) is 3. The molecule has 0 bridgehead atoms. The second-order valence-electron chi connectivity index (χ2n) is 11.3. The first-order valence-electron chi connectivity index (χ1n) is 14.1. The van der Waals surface area contributed by atoms with Crippen LogP contribution in [0, 0.1) is 11.7 Å². The van der Waals surface area contributed by atoms with Crippen LogP contribution in [0.1, 0.15) is 75.8 Å². The Kier molecular flexibility index (Phi) is 12.1. The third-order valence-electron chi connectivity index (χ3n) is 8.54. The summed E-state index contributed by atoms with van der Waals surface area (Å²) in [4.78, 5) is 14.7. The van der Waals surface area contributed by atoms with Crippen LogP contribution in [0.25, 0.3) is 11.2 Å². The number of hydrogen-bond acceptors (Lipinski definition) is 7. The Balaban J connectivity index is 0.00000147. The van der Waals surface area contributed by atoms with Crippen LogP contribution in [-0.4, -0.2) is 49.7 Å². The zero-order chi connectivity index (χ0) is 25.2. The Morgan fingerprint density at radius 2 is 1.65 bits per heavy atom. The summed E-state index contributed by atoms with van der Waals surface area (Å²) in [6.07, 6.45) is 14.0. The molecule has 0 amide bonds. The molecule has 6 rings (SSSR count). The van der Waals surface area contributed by atoms with Crippen molar-refractivity contribution in [1.29, 1.82) is 0 Å². The fourth-order valence-corrected chi connectivity index (χ4v) is 6.35. The number of imidazole rings is 1. The normalized spacial score (nSPS) is 22.2. The van der Waals surface area contributed by atoms with Gasteiger partial charge in [0.25, 0.3) is 0 Å². The highest BCUT2D eigenvalue weighted by atomic mass is 35.5. The maximum absolute atomic E-state index is 13.6. The summed E-state index contributed by atoms with van der Waals surface area (Å²) in [7, 11) is 0. The van der Waals surface area contributed by atoms with Crippen molar-refractivity contribution >= 4 is 60.2 Å². The van der Waals surface area contributed by atoms with Gasteiger partial charge in [0.2, 0.25) is 5.95 Å². The van der Waals surface area contributed by atoms with E-state index >= 15 is 0 Å². The van der Waals surface area contributed by atoms with Crippen LogP contribution in [0.3, 0.4) is 0 Å². The third-order valence-corrected chi connectivity index (χ3v) is 8.54. The van der Waals surface area contributed by atoms with Crippen LogP contribution in [0.2, 0.25) is 0 Å². The highest BCUT2D eigenvalue weighted by molar-refractivity contribution is 5.86. The van der Waals surface area contributed by atoms with Crippen molar-refractivity contribution in [2.45, 2.75) is 88.8 Å². The van der Waals surface area contributed by atoms with E-state index < -0.39 is 0 Å². The van der Waals surface area contributed by atoms with Crippen molar-refractivity contribution in [1.82, 2.24) is 24.5 Å². The van der Waals surface area contributed by atoms with Crippen molar-refractivity contribution in [3.63, 3.8) is 0 Å². The maximum atomic E-state index is 13.6. The second kappa shape index (κ2) is 14.8. The Morgan fingerprint density at radius 3 is 2.35 bits per heavy atom. The maximum Gasteiger partial charge on any atom is 0.227 e. The predicted molar refractivity (Wildman–Crippen MR) is 166 cm³/mol. The lowest BCUT2D eigenvalue weighted by Crippen LogP contribution is -2.39. The van der Waals surface area contributed by atoms with Gasteiger partial charge in [-0.25, -0.2) is 14.4 Å². The molecule has 0 spiro atoms. The first-order chi connectivity index (χ1) is 18.1. The number of nitrogens with one attached hydrogen (secondary N) is 2. The topological polar surface area (TPSA) is 96.9 Å². The molecule has 0 radical (unpaired) electrons. The van der Waals surface area contributed by atoms with E-state index in [0.29, 0.717) is 30.0 Å². The highest BCUT2D eigenvalue weighted by Crippen LogP contribution is 2.34. The van der Waals surface area contributed by atoms with Gasteiger partial charge in [-0.3, -0.25) is 0 Å². The Morgan fingerprint density at radius 1 is 0.925 bits per heavy atom. The van der Waals surface area contributed by atoms with E-state index in [0.717, 1.165) is 80.6 Å². The van der Waals surface area contributed by atoms with Crippen LogP contribution >= 0.6 is 37.2 Å². The van der Waals surface area contributed by atoms with Crippen LogP contribution in [0.5, 0.6) is 0 Å². The van der Waals surface area contributed by atoms with E-state index in [4.69, 9.17) is 20.7 Å². The summed E-state index contributed by atoms with van der Waals surface area (Å²) in [6, 6.07) is 8.14. The quantitative estimate of drug-likeness (QED) is 0.287. The second-order valence-corrected chi connectivity index (χ2v) is 11.3. The Hall–Kier alpha value is -1.91. The van der Waals surface area contributed by atoms with Crippen LogP contribution in [-0.2, 0) is 6.42 Å². The van der Waals surface area contributed by atoms with Gasteiger partial charge in [-0.1, -0.05) is 25.0 Å². The van der Waals surface area contributed by atoms with E-state index in [1.165, 1.54) is 31.7 Å². The van der Waals surface area contributed by atoms with Gasteiger partial charge < -0.3 is 21.0 Å². The van der Waals surface area contributed by atoms with Crippen molar-refractivity contribution in [3.05, 3.63) is 42.0 Å². The summed E-state index contributed by atoms with van der Waals surface area (Å²) in [5.41, 5.74) is 12.6. The zero-order valence-corrected chi connectivity index (χ0v) is 25.3. The summed E-state index contributed by atoms with van der Waals surface area (Å²) in [5.74, 6) is 1.86. The number of halogens is 4. The van der Waals surface area contributed by atoms with Gasteiger partial charge in [-0.2, -0.15) is 9.97 Å². The number of nitrogens with zero attached hydrogens (tertiary/aromatic N) is 5. The number of benzene rings is 1. The molecule has 12 heteroatoms. The molecule has 1 aliphatic heterocycles.